The van der Waals surface area contributed by atoms with E-state index in [0.29, 0.717) is 11.6 Å². The molecule has 2 fully saturated rings. The molecule has 0 aromatic heterocycles. The predicted octanol–water partition coefficient (Wildman–Crippen LogP) is 0.778. The Bertz CT molecular complexity index is 288. The Morgan fingerprint density at radius 2 is 2.12 bits per heavy atom. The first-order chi connectivity index (χ1) is 7.66. The zero-order chi connectivity index (χ0) is 11.5. The lowest BCUT2D eigenvalue weighted by Gasteiger charge is -2.31. The molecule has 2 heterocycles. The van der Waals surface area contributed by atoms with Crippen molar-refractivity contribution >= 4 is 23.6 Å². The molecule has 2 aliphatic rings. The maximum absolute atomic E-state index is 11.9. The smallest absolute Gasteiger partial charge is 0.242 e. The molecule has 0 N–H and O–H groups in total. The molecule has 90 valence electrons. The fourth-order valence-electron chi connectivity index (χ4n) is 2.06. The number of thioether (sulfide) groups is 1. The molecule has 0 aliphatic carbocycles. The lowest BCUT2D eigenvalue weighted by molar-refractivity contribution is -0.138. The second-order valence-electron chi connectivity index (χ2n) is 4.63. The molecule has 4 nitrogen and oxygen atoms in total. The van der Waals surface area contributed by atoms with Gasteiger partial charge in [0.1, 0.15) is 6.54 Å². The third-order valence-corrected chi connectivity index (χ3v) is 4.23. The SMILES string of the molecule is CC1CCN(C(=O)CN2CSCC2=O)CC1. The molecule has 2 aliphatic heterocycles. The van der Waals surface area contributed by atoms with E-state index in [1.165, 1.54) is 0 Å². The van der Waals surface area contributed by atoms with Crippen LogP contribution in [0.2, 0.25) is 0 Å². The van der Waals surface area contributed by atoms with Crippen molar-refractivity contribution in [3.05, 3.63) is 0 Å². The van der Waals surface area contributed by atoms with Crippen molar-refractivity contribution in [3.63, 3.8) is 0 Å². The number of carbonyl (C=O) groups is 2. The molecule has 0 saturated carbocycles. The molecule has 2 amide bonds. The molecule has 0 radical (unpaired) electrons. The van der Waals surface area contributed by atoms with Gasteiger partial charge in [-0.2, -0.15) is 0 Å². The van der Waals surface area contributed by atoms with Crippen molar-refractivity contribution in [2.45, 2.75) is 19.8 Å². The van der Waals surface area contributed by atoms with E-state index in [1.807, 2.05) is 4.90 Å². The minimum Gasteiger partial charge on any atom is -0.341 e. The van der Waals surface area contributed by atoms with Crippen LogP contribution in [0.5, 0.6) is 0 Å². The minimum atomic E-state index is 0.101. The van der Waals surface area contributed by atoms with Crippen molar-refractivity contribution in [2.24, 2.45) is 5.92 Å². The van der Waals surface area contributed by atoms with Gasteiger partial charge in [-0.1, -0.05) is 6.92 Å². The van der Waals surface area contributed by atoms with E-state index in [9.17, 15) is 9.59 Å². The number of amides is 2. The van der Waals surface area contributed by atoms with Crippen LogP contribution in [0, 0.1) is 5.92 Å². The fourth-order valence-corrected chi connectivity index (χ4v) is 2.97. The van der Waals surface area contributed by atoms with Crippen molar-refractivity contribution < 1.29 is 9.59 Å². The van der Waals surface area contributed by atoms with Crippen molar-refractivity contribution in [1.82, 2.24) is 9.80 Å². The van der Waals surface area contributed by atoms with Gasteiger partial charge >= 0.3 is 0 Å². The van der Waals surface area contributed by atoms with Crippen molar-refractivity contribution in [1.29, 1.82) is 0 Å². The average Bonchev–Trinajstić information content (AvgIpc) is 2.65. The van der Waals surface area contributed by atoms with Crippen LogP contribution in [0.3, 0.4) is 0 Å². The molecular formula is C11H18N2O2S. The van der Waals surface area contributed by atoms with Gasteiger partial charge in [0, 0.05) is 13.1 Å². The van der Waals surface area contributed by atoms with Crippen LogP contribution < -0.4 is 0 Å². The minimum absolute atomic E-state index is 0.101. The van der Waals surface area contributed by atoms with Crippen LogP contribution in [-0.4, -0.2) is 52.9 Å². The standard InChI is InChI=1S/C11H18N2O2S/c1-9-2-4-12(5-3-9)10(14)6-13-8-16-7-11(13)15/h9H,2-8H2,1H3. The van der Waals surface area contributed by atoms with Gasteiger partial charge in [0.2, 0.25) is 11.8 Å². The summed E-state index contributed by atoms with van der Waals surface area (Å²) < 4.78 is 0. The number of rotatable bonds is 2. The normalized spacial score (nSPS) is 22.9. The van der Waals surface area contributed by atoms with E-state index in [2.05, 4.69) is 6.92 Å². The Morgan fingerprint density at radius 1 is 1.44 bits per heavy atom. The Balaban J connectivity index is 1.81. The van der Waals surface area contributed by atoms with Gasteiger partial charge in [0.25, 0.3) is 0 Å². The van der Waals surface area contributed by atoms with Crippen LogP contribution in [0.15, 0.2) is 0 Å². The van der Waals surface area contributed by atoms with Crippen molar-refractivity contribution in [3.8, 4) is 0 Å². The van der Waals surface area contributed by atoms with Crippen LogP contribution >= 0.6 is 11.8 Å². The monoisotopic (exact) mass is 242 g/mol. The molecule has 0 atom stereocenters. The van der Waals surface area contributed by atoms with Gasteiger partial charge in [-0.05, 0) is 18.8 Å². The lowest BCUT2D eigenvalue weighted by atomic mass is 9.99. The highest BCUT2D eigenvalue weighted by molar-refractivity contribution is 8.00. The van der Waals surface area contributed by atoms with E-state index in [1.54, 1.807) is 16.7 Å². The van der Waals surface area contributed by atoms with Crippen molar-refractivity contribution in [2.75, 3.05) is 31.3 Å². The Kier molecular flexibility index (Phi) is 3.74. The Morgan fingerprint density at radius 3 is 2.69 bits per heavy atom. The quantitative estimate of drug-likeness (QED) is 0.718. The largest absolute Gasteiger partial charge is 0.341 e. The third-order valence-electron chi connectivity index (χ3n) is 3.29. The Hall–Kier alpha value is -0.710. The molecule has 2 rings (SSSR count). The van der Waals surface area contributed by atoms with E-state index >= 15 is 0 Å². The second-order valence-corrected chi connectivity index (χ2v) is 5.59. The van der Waals surface area contributed by atoms with E-state index in [0.717, 1.165) is 31.8 Å². The van der Waals surface area contributed by atoms with Crippen LogP contribution in [0.4, 0.5) is 0 Å². The first-order valence-electron chi connectivity index (χ1n) is 5.80. The first-order valence-corrected chi connectivity index (χ1v) is 6.95. The molecule has 0 aromatic rings. The van der Waals surface area contributed by atoms with Crippen LogP contribution in [0.1, 0.15) is 19.8 Å². The van der Waals surface area contributed by atoms with Gasteiger partial charge < -0.3 is 9.80 Å². The molecule has 5 heteroatoms. The summed E-state index contributed by atoms with van der Waals surface area (Å²) in [7, 11) is 0. The molecule has 16 heavy (non-hydrogen) atoms. The summed E-state index contributed by atoms with van der Waals surface area (Å²) >= 11 is 1.58. The predicted molar refractivity (Wildman–Crippen MR) is 64.0 cm³/mol. The molecule has 0 spiro atoms. The summed E-state index contributed by atoms with van der Waals surface area (Å²) in [6.07, 6.45) is 2.18. The molecule has 0 aromatic carbocycles. The number of nitrogens with zero attached hydrogens (tertiary/aromatic N) is 2. The number of likely N-dealkylation sites (tertiary alicyclic amines) is 1. The summed E-state index contributed by atoms with van der Waals surface area (Å²) in [5.41, 5.74) is 0. The lowest BCUT2D eigenvalue weighted by Crippen LogP contribution is -2.44. The highest BCUT2D eigenvalue weighted by atomic mass is 32.2. The number of carbonyl (C=O) groups excluding carboxylic acids is 2. The zero-order valence-corrected chi connectivity index (χ0v) is 10.5. The highest BCUT2D eigenvalue weighted by Gasteiger charge is 2.26. The zero-order valence-electron chi connectivity index (χ0n) is 9.65. The number of hydrogen-bond donors (Lipinski definition) is 0. The van der Waals surface area contributed by atoms with Crippen LogP contribution in [-0.2, 0) is 9.59 Å². The summed E-state index contributed by atoms with van der Waals surface area (Å²) in [4.78, 5) is 26.9. The maximum atomic E-state index is 11.9. The first kappa shape index (κ1) is 11.8. The average molecular weight is 242 g/mol. The maximum Gasteiger partial charge on any atom is 0.242 e. The van der Waals surface area contributed by atoms with E-state index in [4.69, 9.17) is 0 Å². The number of piperidine rings is 1. The van der Waals surface area contributed by atoms with Gasteiger partial charge in [-0.25, -0.2) is 0 Å². The van der Waals surface area contributed by atoms with E-state index in [-0.39, 0.29) is 18.4 Å². The van der Waals surface area contributed by atoms with E-state index < -0.39 is 0 Å². The van der Waals surface area contributed by atoms with Gasteiger partial charge in [0.05, 0.1) is 11.6 Å². The molecule has 0 bridgehead atoms. The fraction of sp³-hybridized carbons (Fsp3) is 0.818. The van der Waals surface area contributed by atoms with Gasteiger partial charge in [0.15, 0.2) is 0 Å². The Labute approximate surface area is 100 Å². The van der Waals surface area contributed by atoms with Gasteiger partial charge in [-0.3, -0.25) is 9.59 Å². The topological polar surface area (TPSA) is 40.6 Å². The van der Waals surface area contributed by atoms with Crippen LogP contribution in [0.25, 0.3) is 0 Å². The molecule has 2 saturated heterocycles. The third kappa shape index (κ3) is 2.70. The highest BCUT2D eigenvalue weighted by Crippen LogP contribution is 2.18. The summed E-state index contributed by atoms with van der Waals surface area (Å²) in [5.74, 6) is 2.15. The molecular weight excluding hydrogens is 224 g/mol. The second kappa shape index (κ2) is 5.08. The summed E-state index contributed by atoms with van der Waals surface area (Å²) in [6.45, 7) is 4.22. The summed E-state index contributed by atoms with van der Waals surface area (Å²) in [6, 6.07) is 0. The number of hydrogen-bond acceptors (Lipinski definition) is 3. The summed E-state index contributed by atoms with van der Waals surface area (Å²) in [5, 5.41) is 0. The molecule has 0 unspecified atom stereocenters. The van der Waals surface area contributed by atoms with Gasteiger partial charge in [-0.15, -0.1) is 11.8 Å².